The Morgan fingerprint density at radius 2 is 1.86 bits per heavy atom. The number of likely N-dealkylation sites (N-methyl/N-ethyl adjacent to an activating group) is 1. The quantitative estimate of drug-likeness (QED) is 0.518. The van der Waals surface area contributed by atoms with Crippen molar-refractivity contribution in [2.45, 2.75) is 55.1 Å². The third-order valence-electron chi connectivity index (χ3n) is 8.14. The topological polar surface area (TPSA) is 42.9 Å². The van der Waals surface area contributed by atoms with Gasteiger partial charge in [-0.2, -0.15) is 0 Å². The van der Waals surface area contributed by atoms with Gasteiger partial charge < -0.3 is 9.80 Å². The minimum Gasteiger partial charge on any atom is -0.341 e. The zero-order valence-electron chi connectivity index (χ0n) is 21.6. The fraction of sp³-hybridized carbons (Fsp3) is 0.571. The van der Waals surface area contributed by atoms with Crippen LogP contribution < -0.4 is 0 Å². The molecule has 6 nitrogen and oxygen atoms in total. The van der Waals surface area contributed by atoms with E-state index in [4.69, 9.17) is 11.6 Å². The van der Waals surface area contributed by atoms with Gasteiger partial charge in [-0.25, -0.2) is 9.37 Å². The van der Waals surface area contributed by atoms with Gasteiger partial charge in [0.05, 0.1) is 11.1 Å². The second-order valence-electron chi connectivity index (χ2n) is 10.3. The highest BCUT2D eigenvalue weighted by Gasteiger charge is 2.41. The van der Waals surface area contributed by atoms with E-state index < -0.39 is 0 Å². The molecule has 0 N–H and O–H groups in total. The summed E-state index contributed by atoms with van der Waals surface area (Å²) in [6, 6.07) is 11.0. The van der Waals surface area contributed by atoms with Gasteiger partial charge in [-0.1, -0.05) is 30.7 Å². The molecule has 0 bridgehead atoms. The van der Waals surface area contributed by atoms with Crippen LogP contribution in [-0.4, -0.2) is 100 Å². The molecule has 2 atom stereocenters. The van der Waals surface area contributed by atoms with Crippen molar-refractivity contribution in [2.24, 2.45) is 0 Å². The molecule has 0 spiro atoms. The molecule has 9 heteroatoms. The van der Waals surface area contributed by atoms with Crippen LogP contribution in [0.25, 0.3) is 0 Å². The van der Waals surface area contributed by atoms with E-state index >= 15 is 0 Å². The molecule has 0 aliphatic carbocycles. The van der Waals surface area contributed by atoms with Crippen LogP contribution in [0.3, 0.4) is 0 Å². The van der Waals surface area contributed by atoms with Crippen LogP contribution in [0.1, 0.15) is 31.7 Å². The van der Waals surface area contributed by atoms with Crippen LogP contribution in [0.15, 0.2) is 47.6 Å². The Labute approximate surface area is 229 Å². The van der Waals surface area contributed by atoms with Crippen LogP contribution in [0.5, 0.6) is 0 Å². The molecular formula is C28H37ClFN5OS. The molecule has 0 radical (unpaired) electrons. The number of amides is 1. The maximum Gasteiger partial charge on any atom is 0.239 e. The highest BCUT2D eigenvalue weighted by atomic mass is 35.5. The number of piperazine rings is 1. The summed E-state index contributed by atoms with van der Waals surface area (Å²) in [5.74, 6) is -0.144. The number of carbonyl (C=O) groups excluding carboxylic acids is 1. The largest absolute Gasteiger partial charge is 0.341 e. The number of rotatable bonds is 7. The molecule has 2 aromatic rings. The Morgan fingerprint density at radius 3 is 2.54 bits per heavy atom. The maximum atomic E-state index is 14.7. The molecule has 1 amide bonds. The fourth-order valence-corrected chi connectivity index (χ4v) is 7.35. The van der Waals surface area contributed by atoms with Gasteiger partial charge in [-0.05, 0) is 50.1 Å². The van der Waals surface area contributed by atoms with Gasteiger partial charge >= 0.3 is 0 Å². The van der Waals surface area contributed by atoms with Gasteiger partial charge in [0.25, 0.3) is 0 Å². The Morgan fingerprint density at radius 1 is 1.08 bits per heavy atom. The number of piperidine rings is 1. The van der Waals surface area contributed by atoms with E-state index in [1.165, 1.54) is 6.07 Å². The van der Waals surface area contributed by atoms with Crippen molar-refractivity contribution in [3.8, 4) is 0 Å². The Balaban J connectivity index is 1.24. The molecule has 3 fully saturated rings. The van der Waals surface area contributed by atoms with E-state index in [-0.39, 0.29) is 23.0 Å². The number of hydrogen-bond acceptors (Lipinski definition) is 6. The van der Waals surface area contributed by atoms with E-state index in [1.807, 2.05) is 23.1 Å². The molecule has 200 valence electrons. The lowest BCUT2D eigenvalue weighted by molar-refractivity contribution is -0.137. The Bertz CT molecular complexity index is 1030. The maximum absolute atomic E-state index is 14.7. The lowest BCUT2D eigenvalue weighted by Gasteiger charge is -2.43. The summed E-state index contributed by atoms with van der Waals surface area (Å²) in [5.41, 5.74) is 0.468. The average molecular weight is 546 g/mol. The molecule has 37 heavy (non-hydrogen) atoms. The summed E-state index contributed by atoms with van der Waals surface area (Å²) in [4.78, 5) is 27.6. The van der Waals surface area contributed by atoms with Crippen molar-refractivity contribution in [1.29, 1.82) is 0 Å². The van der Waals surface area contributed by atoms with Crippen LogP contribution in [0, 0.1) is 5.82 Å². The monoisotopic (exact) mass is 545 g/mol. The van der Waals surface area contributed by atoms with Gasteiger partial charge in [0.1, 0.15) is 5.82 Å². The highest BCUT2D eigenvalue weighted by molar-refractivity contribution is 7.99. The molecule has 5 rings (SSSR count). The first-order chi connectivity index (χ1) is 18.0. The van der Waals surface area contributed by atoms with Crippen molar-refractivity contribution in [3.05, 3.63) is 59.0 Å². The van der Waals surface area contributed by atoms with E-state index in [2.05, 4.69) is 26.6 Å². The minimum atomic E-state index is -0.316. The minimum absolute atomic E-state index is 0.172. The molecule has 0 unspecified atom stereocenters. The number of halogens is 2. The zero-order chi connectivity index (χ0) is 25.8. The summed E-state index contributed by atoms with van der Waals surface area (Å²) in [7, 11) is 0. The predicted octanol–water partition coefficient (Wildman–Crippen LogP) is 4.24. The number of aromatic nitrogens is 1. The van der Waals surface area contributed by atoms with Crippen molar-refractivity contribution >= 4 is 29.3 Å². The number of hydrogen-bond donors (Lipinski definition) is 0. The second kappa shape index (κ2) is 12.4. The SMILES string of the molecule is CCN1CCN(C2CCN(C(=O)[C@@H]3C[C@H](Sc4ccccn4)CN3Cc3c(F)cccc3Cl)CC2)CC1. The van der Waals surface area contributed by atoms with E-state index in [1.54, 1.807) is 30.1 Å². The molecule has 3 saturated heterocycles. The third kappa shape index (κ3) is 6.48. The van der Waals surface area contributed by atoms with Gasteiger partial charge in [0.15, 0.2) is 0 Å². The van der Waals surface area contributed by atoms with Crippen LogP contribution in [-0.2, 0) is 11.3 Å². The molecule has 3 aliphatic rings. The Kier molecular flexibility index (Phi) is 9.03. The molecule has 4 heterocycles. The van der Waals surface area contributed by atoms with Crippen molar-refractivity contribution in [2.75, 3.05) is 52.4 Å². The van der Waals surface area contributed by atoms with Gasteiger partial charge in [-0.3, -0.25) is 14.6 Å². The zero-order valence-corrected chi connectivity index (χ0v) is 23.1. The first-order valence-corrected chi connectivity index (χ1v) is 14.8. The second-order valence-corrected chi connectivity index (χ2v) is 12.0. The lowest BCUT2D eigenvalue weighted by atomic mass is 10.0. The fourth-order valence-electron chi connectivity index (χ4n) is 5.96. The molecule has 1 aromatic heterocycles. The molecule has 1 aromatic carbocycles. The van der Waals surface area contributed by atoms with Gasteiger partial charge in [-0.15, -0.1) is 11.8 Å². The van der Waals surface area contributed by atoms with E-state index in [0.29, 0.717) is 29.7 Å². The van der Waals surface area contributed by atoms with Crippen molar-refractivity contribution in [3.63, 3.8) is 0 Å². The summed E-state index contributed by atoms with van der Waals surface area (Å²) in [5, 5.41) is 1.58. The number of carbonyl (C=O) groups is 1. The number of benzene rings is 1. The third-order valence-corrected chi connectivity index (χ3v) is 9.66. The first kappa shape index (κ1) is 26.9. The van der Waals surface area contributed by atoms with Crippen molar-refractivity contribution < 1.29 is 9.18 Å². The highest BCUT2D eigenvalue weighted by Crippen LogP contribution is 2.35. The van der Waals surface area contributed by atoms with Crippen LogP contribution >= 0.6 is 23.4 Å². The number of pyridine rings is 1. The summed E-state index contributed by atoms with van der Waals surface area (Å²) < 4.78 is 14.7. The molecular weight excluding hydrogens is 509 g/mol. The average Bonchev–Trinajstić information content (AvgIpc) is 3.33. The molecule has 3 aliphatic heterocycles. The van der Waals surface area contributed by atoms with Gasteiger partial charge in [0, 0.05) is 80.4 Å². The van der Waals surface area contributed by atoms with Crippen LogP contribution in [0.2, 0.25) is 5.02 Å². The molecule has 0 saturated carbocycles. The summed E-state index contributed by atoms with van der Waals surface area (Å²) in [6.45, 7) is 10.5. The number of thioether (sulfide) groups is 1. The normalized spacial score (nSPS) is 24.6. The summed E-state index contributed by atoms with van der Waals surface area (Å²) in [6.07, 6.45) is 4.57. The summed E-state index contributed by atoms with van der Waals surface area (Å²) >= 11 is 8.08. The lowest BCUT2D eigenvalue weighted by Crippen LogP contribution is -2.55. The standard InChI is InChI=1S/C28H37ClFN5OS/c1-2-32-14-16-33(17-15-32)21-9-12-34(13-10-21)28(36)26-18-22(37-27-8-3-4-11-31-27)19-35(26)20-23-24(29)6-5-7-25(23)30/h3-8,11,21-22,26H,2,9-10,12-20H2,1H3/t22-,26-/m0/s1. The number of likely N-dealkylation sites (tertiary alicyclic amines) is 2. The van der Waals surface area contributed by atoms with E-state index in [0.717, 1.165) is 70.1 Å². The number of nitrogens with zero attached hydrogens (tertiary/aromatic N) is 5. The van der Waals surface area contributed by atoms with Crippen LogP contribution in [0.4, 0.5) is 4.39 Å². The smallest absolute Gasteiger partial charge is 0.239 e. The first-order valence-electron chi connectivity index (χ1n) is 13.5. The van der Waals surface area contributed by atoms with Crippen molar-refractivity contribution in [1.82, 2.24) is 24.6 Å². The van der Waals surface area contributed by atoms with E-state index in [9.17, 15) is 9.18 Å². The Hall–Kier alpha value is -1.71. The van der Waals surface area contributed by atoms with Gasteiger partial charge in [0.2, 0.25) is 5.91 Å². The predicted molar refractivity (Wildman–Crippen MR) is 147 cm³/mol.